The molecule has 160 valence electrons. The van der Waals surface area contributed by atoms with E-state index in [1.165, 1.54) is 18.4 Å². The highest BCUT2D eigenvalue weighted by atomic mass is 19.4. The Hall–Kier alpha value is -3.44. The fraction of sp³-hybridized carbons (Fsp3) is 0.333. The van der Waals surface area contributed by atoms with Gasteiger partial charge < -0.3 is 19.5 Å². The quantitative estimate of drug-likeness (QED) is 0.602. The molecule has 2 aromatic heterocycles. The molecule has 12 heteroatoms. The highest BCUT2D eigenvalue weighted by molar-refractivity contribution is 5.92. The molecule has 1 amide bonds. The molecule has 1 aliphatic heterocycles. The van der Waals surface area contributed by atoms with Crippen LogP contribution in [0.4, 0.5) is 17.6 Å². The SMILES string of the molecule is O=C(O)C(F)(F)F.O=C(c1ccon1)N1CCCCC1c1nc2ccc(F)cc2[nH]1. The van der Waals surface area contributed by atoms with Crippen LogP contribution in [0, 0.1) is 5.82 Å². The van der Waals surface area contributed by atoms with Gasteiger partial charge in [0, 0.05) is 12.6 Å². The number of rotatable bonds is 2. The lowest BCUT2D eigenvalue weighted by molar-refractivity contribution is -0.192. The van der Waals surface area contributed by atoms with Gasteiger partial charge in [-0.3, -0.25) is 4.79 Å². The number of benzene rings is 1. The van der Waals surface area contributed by atoms with E-state index in [0.29, 0.717) is 29.1 Å². The monoisotopic (exact) mass is 428 g/mol. The Morgan fingerprint density at radius 2 is 1.97 bits per heavy atom. The molecule has 1 atom stereocenters. The second-order valence-electron chi connectivity index (χ2n) is 6.48. The summed E-state index contributed by atoms with van der Waals surface area (Å²) in [6, 6.07) is 5.83. The summed E-state index contributed by atoms with van der Waals surface area (Å²) in [7, 11) is 0. The van der Waals surface area contributed by atoms with Crippen LogP contribution >= 0.6 is 0 Å². The molecule has 0 aliphatic carbocycles. The smallest absolute Gasteiger partial charge is 0.475 e. The Morgan fingerprint density at radius 3 is 2.60 bits per heavy atom. The third-order valence-corrected chi connectivity index (χ3v) is 4.44. The van der Waals surface area contributed by atoms with Crippen LogP contribution in [0.2, 0.25) is 0 Å². The van der Waals surface area contributed by atoms with Crippen molar-refractivity contribution in [3.8, 4) is 0 Å². The van der Waals surface area contributed by atoms with Crippen molar-refractivity contribution in [3.05, 3.63) is 47.9 Å². The summed E-state index contributed by atoms with van der Waals surface area (Å²) in [5.74, 6) is -2.56. The van der Waals surface area contributed by atoms with Crippen molar-refractivity contribution >= 4 is 22.9 Å². The number of nitrogens with zero attached hydrogens (tertiary/aromatic N) is 3. The fourth-order valence-electron chi connectivity index (χ4n) is 3.09. The summed E-state index contributed by atoms with van der Waals surface area (Å²) in [5.41, 5.74) is 1.62. The first kappa shape index (κ1) is 21.3. The maximum atomic E-state index is 13.3. The maximum Gasteiger partial charge on any atom is 0.490 e. The van der Waals surface area contributed by atoms with E-state index >= 15 is 0 Å². The van der Waals surface area contributed by atoms with E-state index in [4.69, 9.17) is 14.4 Å². The number of aliphatic carboxylic acids is 1. The van der Waals surface area contributed by atoms with Gasteiger partial charge in [0.1, 0.15) is 17.9 Å². The zero-order valence-electron chi connectivity index (χ0n) is 15.3. The van der Waals surface area contributed by atoms with Crippen LogP contribution in [-0.4, -0.2) is 49.7 Å². The lowest BCUT2D eigenvalue weighted by Crippen LogP contribution is -2.39. The van der Waals surface area contributed by atoms with Crippen molar-refractivity contribution in [1.29, 1.82) is 0 Å². The highest BCUT2D eigenvalue weighted by Gasteiger charge is 2.38. The van der Waals surface area contributed by atoms with Gasteiger partial charge in [0.15, 0.2) is 5.69 Å². The number of H-pyrrole nitrogens is 1. The van der Waals surface area contributed by atoms with Crippen LogP contribution in [0.1, 0.15) is 41.6 Å². The fourth-order valence-corrected chi connectivity index (χ4v) is 3.09. The number of carboxylic acid groups (broad SMARTS) is 1. The minimum atomic E-state index is -5.08. The number of piperidine rings is 1. The molecule has 1 saturated heterocycles. The molecule has 4 rings (SSSR count). The van der Waals surface area contributed by atoms with Crippen LogP contribution < -0.4 is 0 Å². The van der Waals surface area contributed by atoms with Gasteiger partial charge in [-0.1, -0.05) is 5.16 Å². The molecule has 8 nitrogen and oxygen atoms in total. The molecule has 30 heavy (non-hydrogen) atoms. The second kappa shape index (κ2) is 8.51. The van der Waals surface area contributed by atoms with E-state index in [2.05, 4.69) is 15.1 Å². The van der Waals surface area contributed by atoms with Gasteiger partial charge in [-0.15, -0.1) is 0 Å². The average molecular weight is 428 g/mol. The second-order valence-corrected chi connectivity index (χ2v) is 6.48. The first-order valence-electron chi connectivity index (χ1n) is 8.83. The third kappa shape index (κ3) is 4.75. The Kier molecular flexibility index (Phi) is 6.04. The van der Waals surface area contributed by atoms with Gasteiger partial charge in [0.05, 0.1) is 17.1 Å². The largest absolute Gasteiger partial charge is 0.490 e. The van der Waals surface area contributed by atoms with Gasteiger partial charge in [0.25, 0.3) is 5.91 Å². The van der Waals surface area contributed by atoms with Crippen molar-refractivity contribution < 1.29 is 36.8 Å². The number of nitrogens with one attached hydrogen (secondary N) is 1. The molecule has 3 heterocycles. The predicted molar refractivity (Wildman–Crippen MR) is 93.9 cm³/mol. The molecule has 1 fully saturated rings. The van der Waals surface area contributed by atoms with Crippen molar-refractivity contribution in [2.75, 3.05) is 6.54 Å². The summed E-state index contributed by atoms with van der Waals surface area (Å²) in [5, 5.41) is 10.9. The Morgan fingerprint density at radius 1 is 1.23 bits per heavy atom. The minimum Gasteiger partial charge on any atom is -0.475 e. The topological polar surface area (TPSA) is 112 Å². The molecule has 1 aromatic carbocycles. The maximum absolute atomic E-state index is 13.3. The van der Waals surface area contributed by atoms with Crippen molar-refractivity contribution in [3.63, 3.8) is 0 Å². The number of carbonyl (C=O) groups excluding carboxylic acids is 1. The summed E-state index contributed by atoms with van der Waals surface area (Å²) in [6.07, 6.45) is -0.935. The van der Waals surface area contributed by atoms with Gasteiger partial charge in [-0.2, -0.15) is 13.2 Å². The van der Waals surface area contributed by atoms with E-state index in [9.17, 15) is 22.4 Å². The summed E-state index contributed by atoms with van der Waals surface area (Å²) in [4.78, 5) is 30.9. The molecular weight excluding hydrogens is 412 g/mol. The van der Waals surface area contributed by atoms with Gasteiger partial charge in [0.2, 0.25) is 0 Å². The number of likely N-dealkylation sites (tertiary alicyclic amines) is 1. The number of halogens is 4. The number of aromatic nitrogens is 3. The van der Waals surface area contributed by atoms with Crippen LogP contribution in [0.15, 0.2) is 35.1 Å². The average Bonchev–Trinajstić information content (AvgIpc) is 3.36. The van der Waals surface area contributed by atoms with Crippen LogP contribution in [0.5, 0.6) is 0 Å². The van der Waals surface area contributed by atoms with E-state index < -0.39 is 12.1 Å². The number of carboxylic acids is 1. The van der Waals surface area contributed by atoms with Crippen molar-refractivity contribution in [2.45, 2.75) is 31.5 Å². The number of carbonyl (C=O) groups is 2. The van der Waals surface area contributed by atoms with Crippen molar-refractivity contribution in [1.82, 2.24) is 20.0 Å². The van der Waals surface area contributed by atoms with Crippen LogP contribution in [-0.2, 0) is 4.79 Å². The standard InChI is InChI=1S/C16H15FN4O2.C2HF3O2/c17-10-4-5-11-13(9-10)19-15(18-11)14-3-1-2-7-21(14)16(22)12-6-8-23-20-12;3-2(4,5)1(6)7/h4-6,8-9,14H,1-3,7H2,(H,18,19);(H,6,7). The molecule has 0 radical (unpaired) electrons. The summed E-state index contributed by atoms with van der Waals surface area (Å²) >= 11 is 0. The molecule has 0 spiro atoms. The lowest BCUT2D eigenvalue weighted by atomic mass is 10.0. The molecule has 2 N–H and O–H groups in total. The lowest BCUT2D eigenvalue weighted by Gasteiger charge is -2.33. The number of aromatic amines is 1. The van der Waals surface area contributed by atoms with Crippen LogP contribution in [0.25, 0.3) is 11.0 Å². The van der Waals surface area contributed by atoms with E-state index in [0.717, 1.165) is 19.3 Å². The highest BCUT2D eigenvalue weighted by Crippen LogP contribution is 2.31. The predicted octanol–water partition coefficient (Wildman–Crippen LogP) is 3.69. The van der Waals surface area contributed by atoms with Gasteiger partial charge in [-0.25, -0.2) is 14.2 Å². The number of amides is 1. The molecular formula is C18H16F4N4O4. The molecule has 1 unspecified atom stereocenters. The summed E-state index contributed by atoms with van der Waals surface area (Å²) < 4.78 is 49.8. The minimum absolute atomic E-state index is 0.164. The first-order valence-corrected chi connectivity index (χ1v) is 8.83. The number of imidazole rings is 1. The van der Waals surface area contributed by atoms with E-state index in [-0.39, 0.29) is 17.8 Å². The number of hydrogen-bond acceptors (Lipinski definition) is 5. The third-order valence-electron chi connectivity index (χ3n) is 4.44. The summed E-state index contributed by atoms with van der Waals surface area (Å²) in [6.45, 7) is 0.641. The van der Waals surface area contributed by atoms with Crippen LogP contribution in [0.3, 0.4) is 0 Å². The number of alkyl halides is 3. The Balaban J connectivity index is 0.000000318. The number of fused-ring (bicyclic) bond motifs is 1. The normalized spacial score (nSPS) is 16.8. The zero-order valence-corrected chi connectivity index (χ0v) is 15.3. The van der Waals surface area contributed by atoms with Gasteiger partial charge >= 0.3 is 12.1 Å². The zero-order chi connectivity index (χ0) is 21.9. The Bertz CT molecular complexity index is 1030. The van der Waals surface area contributed by atoms with E-state index in [1.54, 1.807) is 17.0 Å². The van der Waals surface area contributed by atoms with Crippen molar-refractivity contribution in [2.24, 2.45) is 0 Å². The Labute approximate surface area is 166 Å². The molecule has 1 aliphatic rings. The molecule has 3 aromatic rings. The first-order chi connectivity index (χ1) is 14.2. The van der Waals surface area contributed by atoms with E-state index in [1.807, 2.05) is 0 Å². The number of hydrogen-bond donors (Lipinski definition) is 2. The van der Waals surface area contributed by atoms with Gasteiger partial charge in [-0.05, 0) is 37.5 Å². The molecule has 0 saturated carbocycles. The molecule has 0 bridgehead atoms.